The average Bonchev–Trinajstić information content (AvgIpc) is 3.45. The van der Waals surface area contributed by atoms with Gasteiger partial charge < -0.3 is 4.98 Å². The first-order valence-corrected chi connectivity index (χ1v) is 10.9. The molecule has 5 aromatic heterocycles. The largest absolute Gasteiger partial charge is 0.305 e. The van der Waals surface area contributed by atoms with Gasteiger partial charge in [-0.25, -0.2) is 18.7 Å². The molecule has 0 aliphatic rings. The molecule has 0 saturated heterocycles. The van der Waals surface area contributed by atoms with Crippen LogP contribution in [0.2, 0.25) is 0 Å². The third kappa shape index (κ3) is 2.94. The number of fused-ring (bicyclic) bond motifs is 3. The fraction of sp³-hybridized carbons (Fsp3) is 0.200. The predicted octanol–water partition coefficient (Wildman–Crippen LogP) is 5.39. The number of aromatic nitrogens is 5. The van der Waals surface area contributed by atoms with E-state index in [9.17, 15) is 13.6 Å². The highest BCUT2D eigenvalue weighted by molar-refractivity contribution is 7.25. The Morgan fingerprint density at radius 1 is 1.27 bits per heavy atom. The van der Waals surface area contributed by atoms with E-state index in [1.165, 1.54) is 17.4 Å². The Labute approximate surface area is 176 Å². The van der Waals surface area contributed by atoms with Crippen molar-refractivity contribution in [3.8, 4) is 22.5 Å². The van der Waals surface area contributed by atoms with Gasteiger partial charge >= 0.3 is 0 Å². The molecule has 0 bridgehead atoms. The fourth-order valence-corrected chi connectivity index (χ4v) is 5.15. The number of H-pyrrole nitrogens is 1. The van der Waals surface area contributed by atoms with Gasteiger partial charge in [0, 0.05) is 34.6 Å². The van der Waals surface area contributed by atoms with E-state index < -0.39 is 6.43 Å². The molecule has 5 heterocycles. The Kier molecular flexibility index (Phi) is 4.48. The average molecular weight is 444 g/mol. The van der Waals surface area contributed by atoms with Crippen molar-refractivity contribution in [1.29, 1.82) is 0 Å². The van der Waals surface area contributed by atoms with Gasteiger partial charge in [-0.1, -0.05) is 0 Å². The van der Waals surface area contributed by atoms with E-state index in [4.69, 9.17) is 4.98 Å². The van der Waals surface area contributed by atoms with Crippen LogP contribution >= 0.6 is 22.7 Å². The summed E-state index contributed by atoms with van der Waals surface area (Å²) in [5, 5.41) is 8.84. The van der Waals surface area contributed by atoms with E-state index in [1.54, 1.807) is 4.68 Å². The first-order chi connectivity index (χ1) is 14.5. The van der Waals surface area contributed by atoms with Crippen LogP contribution in [-0.2, 0) is 6.54 Å². The summed E-state index contributed by atoms with van der Waals surface area (Å²) in [6, 6.07) is 3.25. The van der Waals surface area contributed by atoms with Crippen molar-refractivity contribution in [2.75, 3.05) is 0 Å². The number of alkyl halides is 2. The maximum absolute atomic E-state index is 13.6. The molecule has 5 aromatic rings. The standard InChI is InChI=1S/C20H15F2N5OS2/c1-3-27-7-12(9(2)26-27)11-6-13(17(21)22)23-20-14(11)15-16(30-20)19(28)25-18(24-15)10-4-5-29-8-10/h4-8,17H,3H2,1-2H3,(H,24,25,28). The van der Waals surface area contributed by atoms with Gasteiger partial charge in [0.2, 0.25) is 0 Å². The zero-order chi connectivity index (χ0) is 21.0. The molecule has 6 nitrogen and oxygen atoms in total. The molecule has 5 rings (SSSR count). The number of pyridine rings is 1. The highest BCUT2D eigenvalue weighted by Gasteiger charge is 2.22. The van der Waals surface area contributed by atoms with Crippen molar-refractivity contribution in [1.82, 2.24) is 24.7 Å². The smallest absolute Gasteiger partial charge is 0.280 e. The van der Waals surface area contributed by atoms with Crippen LogP contribution in [0.25, 0.3) is 42.9 Å². The molecule has 0 aromatic carbocycles. The zero-order valence-electron chi connectivity index (χ0n) is 15.9. The molecule has 0 aliphatic carbocycles. The van der Waals surface area contributed by atoms with Gasteiger partial charge in [0.15, 0.2) is 0 Å². The van der Waals surface area contributed by atoms with Gasteiger partial charge in [-0.15, -0.1) is 11.3 Å². The Balaban J connectivity index is 1.91. The van der Waals surface area contributed by atoms with Crippen molar-refractivity contribution in [2.45, 2.75) is 26.8 Å². The number of nitrogens with zero attached hydrogens (tertiary/aromatic N) is 4. The normalized spacial score (nSPS) is 11.9. The summed E-state index contributed by atoms with van der Waals surface area (Å²) in [4.78, 5) is 24.8. The molecule has 30 heavy (non-hydrogen) atoms. The lowest BCUT2D eigenvalue weighted by Gasteiger charge is -2.07. The van der Waals surface area contributed by atoms with Gasteiger partial charge in [-0.3, -0.25) is 9.48 Å². The van der Waals surface area contributed by atoms with E-state index in [0.29, 0.717) is 44.1 Å². The second-order valence-corrected chi connectivity index (χ2v) is 8.54. The molecule has 10 heteroatoms. The van der Waals surface area contributed by atoms with Crippen LogP contribution in [-0.4, -0.2) is 24.7 Å². The second-order valence-electron chi connectivity index (χ2n) is 6.77. The number of aromatic amines is 1. The van der Waals surface area contributed by atoms with Crippen molar-refractivity contribution in [2.24, 2.45) is 0 Å². The molecule has 152 valence electrons. The van der Waals surface area contributed by atoms with Gasteiger partial charge in [0.1, 0.15) is 21.0 Å². The third-order valence-electron chi connectivity index (χ3n) is 4.90. The Bertz CT molecular complexity index is 1450. The van der Waals surface area contributed by atoms with Crippen LogP contribution < -0.4 is 5.56 Å². The van der Waals surface area contributed by atoms with Crippen LogP contribution in [0.1, 0.15) is 24.7 Å². The lowest BCUT2D eigenvalue weighted by atomic mass is 10.0. The highest BCUT2D eigenvalue weighted by atomic mass is 32.1. The SMILES string of the molecule is CCn1cc(-c2cc(C(F)F)nc3sc4c(=O)[nH]c(-c5ccsc5)nc4c23)c(C)n1. The molecular weight excluding hydrogens is 428 g/mol. The summed E-state index contributed by atoms with van der Waals surface area (Å²) in [6.07, 6.45) is -0.900. The van der Waals surface area contributed by atoms with Crippen LogP contribution in [0.5, 0.6) is 0 Å². The molecule has 0 aliphatic heterocycles. The number of rotatable bonds is 4. The van der Waals surface area contributed by atoms with Crippen LogP contribution in [0.4, 0.5) is 8.78 Å². The molecule has 0 amide bonds. The monoisotopic (exact) mass is 443 g/mol. The van der Waals surface area contributed by atoms with E-state index in [0.717, 1.165) is 22.5 Å². The van der Waals surface area contributed by atoms with Crippen molar-refractivity contribution >= 4 is 43.1 Å². The molecule has 0 radical (unpaired) electrons. The summed E-state index contributed by atoms with van der Waals surface area (Å²) in [6.45, 7) is 4.44. The first-order valence-electron chi connectivity index (χ1n) is 9.19. The number of halogens is 2. The minimum Gasteiger partial charge on any atom is -0.305 e. The Morgan fingerprint density at radius 3 is 2.77 bits per heavy atom. The number of aryl methyl sites for hydroxylation is 2. The van der Waals surface area contributed by atoms with Crippen LogP contribution in [0.15, 0.2) is 33.9 Å². The summed E-state index contributed by atoms with van der Waals surface area (Å²) in [5.74, 6) is 0.443. The van der Waals surface area contributed by atoms with E-state index in [2.05, 4.69) is 15.1 Å². The summed E-state index contributed by atoms with van der Waals surface area (Å²) in [5.41, 5.74) is 2.63. The van der Waals surface area contributed by atoms with Gasteiger partial charge in [0.25, 0.3) is 12.0 Å². The first kappa shape index (κ1) is 19.0. The molecule has 0 fully saturated rings. The van der Waals surface area contributed by atoms with Crippen molar-refractivity contribution in [3.63, 3.8) is 0 Å². The van der Waals surface area contributed by atoms with E-state index >= 15 is 0 Å². The minimum atomic E-state index is -2.73. The van der Waals surface area contributed by atoms with Gasteiger partial charge in [0.05, 0.1) is 11.2 Å². The fourth-order valence-electron chi connectivity index (χ4n) is 3.47. The molecule has 0 atom stereocenters. The van der Waals surface area contributed by atoms with Crippen molar-refractivity contribution < 1.29 is 8.78 Å². The number of hydrogen-bond donors (Lipinski definition) is 1. The molecular formula is C20H15F2N5OS2. The van der Waals surface area contributed by atoms with Gasteiger partial charge in [-0.05, 0) is 36.9 Å². The summed E-state index contributed by atoms with van der Waals surface area (Å²) >= 11 is 2.58. The quantitative estimate of drug-likeness (QED) is 0.404. The van der Waals surface area contributed by atoms with Crippen LogP contribution in [0.3, 0.4) is 0 Å². The van der Waals surface area contributed by atoms with E-state index in [-0.39, 0.29) is 11.3 Å². The number of nitrogens with one attached hydrogen (secondary N) is 1. The molecule has 0 unspecified atom stereocenters. The maximum atomic E-state index is 13.6. The number of hydrogen-bond acceptors (Lipinski definition) is 6. The third-order valence-corrected chi connectivity index (χ3v) is 6.65. The maximum Gasteiger partial charge on any atom is 0.280 e. The second kappa shape index (κ2) is 7.06. The van der Waals surface area contributed by atoms with Gasteiger partial charge in [-0.2, -0.15) is 16.4 Å². The predicted molar refractivity (Wildman–Crippen MR) is 115 cm³/mol. The lowest BCUT2D eigenvalue weighted by Crippen LogP contribution is -2.07. The zero-order valence-corrected chi connectivity index (χ0v) is 17.6. The molecule has 0 saturated carbocycles. The topological polar surface area (TPSA) is 76.5 Å². The molecule has 0 spiro atoms. The highest BCUT2D eigenvalue weighted by Crippen LogP contribution is 2.40. The molecule has 1 N–H and O–H groups in total. The number of thiophene rings is 2. The summed E-state index contributed by atoms with van der Waals surface area (Å²) < 4.78 is 29.3. The Morgan fingerprint density at radius 2 is 2.10 bits per heavy atom. The lowest BCUT2D eigenvalue weighted by molar-refractivity contribution is 0.146. The van der Waals surface area contributed by atoms with Crippen LogP contribution in [0, 0.1) is 6.92 Å². The van der Waals surface area contributed by atoms with E-state index in [1.807, 2.05) is 36.9 Å². The summed E-state index contributed by atoms with van der Waals surface area (Å²) in [7, 11) is 0. The minimum absolute atomic E-state index is 0.310. The Hall–Kier alpha value is -2.98. The van der Waals surface area contributed by atoms with Crippen molar-refractivity contribution in [3.05, 3.63) is 50.8 Å².